The minimum atomic E-state index is -0.227. The number of amides is 2. The van der Waals surface area contributed by atoms with E-state index < -0.39 is 0 Å². The van der Waals surface area contributed by atoms with E-state index in [4.69, 9.17) is 4.74 Å². The first-order valence-electron chi connectivity index (χ1n) is 9.27. The zero-order valence-corrected chi connectivity index (χ0v) is 16.2. The van der Waals surface area contributed by atoms with Crippen LogP contribution in [0.4, 0.5) is 5.69 Å². The Balaban J connectivity index is 1.47. The Morgan fingerprint density at radius 2 is 1.97 bits per heavy atom. The second-order valence-corrected chi connectivity index (χ2v) is 6.85. The molecule has 2 amide bonds. The Bertz CT molecular complexity index is 1020. The molecule has 0 N–H and O–H groups in total. The van der Waals surface area contributed by atoms with E-state index in [1.807, 2.05) is 43.3 Å². The lowest BCUT2D eigenvalue weighted by molar-refractivity contribution is -0.132. The van der Waals surface area contributed by atoms with Gasteiger partial charge in [0.25, 0.3) is 5.91 Å². The average molecular weight is 391 g/mol. The summed E-state index contributed by atoms with van der Waals surface area (Å²) in [5.41, 5.74) is 2.50. The number of likely N-dealkylation sites (N-methyl/N-ethyl adjacent to an activating group) is 1. The van der Waals surface area contributed by atoms with E-state index in [0.717, 1.165) is 11.3 Å². The molecular formula is C21H21N5O3. The molecule has 2 aromatic carbocycles. The second kappa shape index (κ2) is 7.75. The molecule has 3 aromatic rings. The summed E-state index contributed by atoms with van der Waals surface area (Å²) in [7, 11) is 1.75. The van der Waals surface area contributed by atoms with Gasteiger partial charge in [0.1, 0.15) is 24.9 Å². The van der Waals surface area contributed by atoms with Crippen molar-refractivity contribution in [2.45, 2.75) is 13.0 Å². The minimum absolute atomic E-state index is 0.0307. The third kappa shape index (κ3) is 3.69. The Labute approximate surface area is 168 Å². The largest absolute Gasteiger partial charge is 0.482 e. The first kappa shape index (κ1) is 18.7. The lowest BCUT2D eigenvalue weighted by Gasteiger charge is -2.32. The van der Waals surface area contributed by atoms with Crippen LogP contribution in [0.5, 0.6) is 5.75 Å². The molecule has 1 aliphatic rings. The molecule has 0 spiro atoms. The fraction of sp³-hybridized carbons (Fsp3) is 0.238. The predicted octanol–water partition coefficient (Wildman–Crippen LogP) is 2.21. The van der Waals surface area contributed by atoms with Crippen LogP contribution in [0.3, 0.4) is 0 Å². The van der Waals surface area contributed by atoms with E-state index in [1.54, 1.807) is 35.1 Å². The number of fused-ring (bicyclic) bond motifs is 1. The molecule has 8 heteroatoms. The van der Waals surface area contributed by atoms with Gasteiger partial charge in [-0.05, 0) is 36.8 Å². The molecule has 0 fully saturated rings. The number of carbonyl (C=O) groups is 2. The van der Waals surface area contributed by atoms with Crippen LogP contribution in [0.1, 0.15) is 18.5 Å². The number of benzene rings is 2. The van der Waals surface area contributed by atoms with Gasteiger partial charge in [0.05, 0.1) is 17.4 Å². The summed E-state index contributed by atoms with van der Waals surface area (Å²) in [5.74, 6) is 0.234. The number of anilines is 1. The van der Waals surface area contributed by atoms with Crippen LogP contribution in [-0.2, 0) is 9.59 Å². The van der Waals surface area contributed by atoms with Gasteiger partial charge < -0.3 is 9.64 Å². The Hall–Kier alpha value is -3.68. The van der Waals surface area contributed by atoms with Crippen molar-refractivity contribution in [2.75, 3.05) is 25.1 Å². The van der Waals surface area contributed by atoms with Gasteiger partial charge in [-0.25, -0.2) is 9.67 Å². The topological polar surface area (TPSA) is 80.6 Å². The maximum Gasteiger partial charge on any atom is 0.265 e. The van der Waals surface area contributed by atoms with Crippen molar-refractivity contribution in [1.29, 1.82) is 0 Å². The summed E-state index contributed by atoms with van der Waals surface area (Å²) >= 11 is 0. The van der Waals surface area contributed by atoms with Gasteiger partial charge in [-0.15, -0.1) is 0 Å². The molecule has 148 valence electrons. The van der Waals surface area contributed by atoms with Crippen LogP contribution in [0, 0.1) is 0 Å². The van der Waals surface area contributed by atoms with E-state index in [0.29, 0.717) is 11.4 Å². The fourth-order valence-corrected chi connectivity index (χ4v) is 3.26. The summed E-state index contributed by atoms with van der Waals surface area (Å²) in [6.07, 6.45) is 3.11. The summed E-state index contributed by atoms with van der Waals surface area (Å²) < 4.78 is 7.11. The number of hydrogen-bond acceptors (Lipinski definition) is 5. The standard InChI is InChI=1S/C21H21N5O3/c1-15(16-7-9-17(10-8-16)26-14-22-13-23-26)24(2)20(27)11-25-18-5-3-4-6-19(18)29-12-21(25)28/h3-10,13-15H,11-12H2,1-2H3. The van der Waals surface area contributed by atoms with Crippen molar-refractivity contribution in [3.63, 3.8) is 0 Å². The molecule has 2 heterocycles. The normalized spacial score (nSPS) is 14.1. The molecule has 0 aliphatic carbocycles. The third-order valence-corrected chi connectivity index (χ3v) is 5.13. The second-order valence-electron chi connectivity index (χ2n) is 6.85. The molecule has 0 bridgehead atoms. The Morgan fingerprint density at radius 3 is 2.69 bits per heavy atom. The van der Waals surface area contributed by atoms with Crippen molar-refractivity contribution in [1.82, 2.24) is 19.7 Å². The van der Waals surface area contributed by atoms with Crippen LogP contribution < -0.4 is 9.64 Å². The van der Waals surface area contributed by atoms with Crippen molar-refractivity contribution in [3.05, 3.63) is 66.7 Å². The van der Waals surface area contributed by atoms with E-state index >= 15 is 0 Å². The van der Waals surface area contributed by atoms with Gasteiger partial charge in [-0.2, -0.15) is 5.10 Å². The quantitative estimate of drug-likeness (QED) is 0.666. The average Bonchev–Trinajstić information content (AvgIpc) is 3.29. The number of carbonyl (C=O) groups excluding carboxylic acids is 2. The van der Waals surface area contributed by atoms with Gasteiger partial charge in [0.2, 0.25) is 5.91 Å². The van der Waals surface area contributed by atoms with Gasteiger partial charge in [0.15, 0.2) is 6.61 Å². The Morgan fingerprint density at radius 1 is 1.21 bits per heavy atom. The van der Waals surface area contributed by atoms with E-state index in [1.165, 1.54) is 11.2 Å². The molecule has 8 nitrogen and oxygen atoms in total. The Kier molecular flexibility index (Phi) is 4.99. The molecule has 4 rings (SSSR count). The zero-order valence-electron chi connectivity index (χ0n) is 16.2. The number of aromatic nitrogens is 3. The maximum absolute atomic E-state index is 12.9. The lowest BCUT2D eigenvalue weighted by atomic mass is 10.1. The summed E-state index contributed by atoms with van der Waals surface area (Å²) in [6.45, 7) is 1.86. The molecule has 0 saturated heterocycles. The van der Waals surface area contributed by atoms with Crippen LogP contribution in [-0.4, -0.2) is 51.7 Å². The van der Waals surface area contributed by atoms with E-state index in [9.17, 15) is 9.59 Å². The number of para-hydroxylation sites is 2. The highest BCUT2D eigenvalue weighted by atomic mass is 16.5. The lowest BCUT2D eigenvalue weighted by Crippen LogP contribution is -2.46. The number of nitrogens with zero attached hydrogens (tertiary/aromatic N) is 5. The van der Waals surface area contributed by atoms with Crippen molar-refractivity contribution in [3.8, 4) is 11.4 Å². The molecule has 1 aliphatic heterocycles. The van der Waals surface area contributed by atoms with Gasteiger partial charge >= 0.3 is 0 Å². The van der Waals surface area contributed by atoms with E-state index in [-0.39, 0.29) is 31.0 Å². The van der Waals surface area contributed by atoms with E-state index in [2.05, 4.69) is 10.1 Å². The molecule has 1 atom stereocenters. The van der Waals surface area contributed by atoms with Crippen molar-refractivity contribution >= 4 is 17.5 Å². The highest BCUT2D eigenvalue weighted by molar-refractivity contribution is 6.02. The highest BCUT2D eigenvalue weighted by Gasteiger charge is 2.29. The smallest absolute Gasteiger partial charge is 0.265 e. The molecule has 1 aromatic heterocycles. The number of hydrogen-bond donors (Lipinski definition) is 0. The zero-order chi connectivity index (χ0) is 20.4. The fourth-order valence-electron chi connectivity index (χ4n) is 3.26. The van der Waals surface area contributed by atoms with Crippen molar-refractivity contribution in [2.24, 2.45) is 0 Å². The summed E-state index contributed by atoms with van der Waals surface area (Å²) in [5, 5.41) is 4.11. The predicted molar refractivity (Wildman–Crippen MR) is 107 cm³/mol. The van der Waals surface area contributed by atoms with Crippen molar-refractivity contribution < 1.29 is 14.3 Å². The van der Waals surface area contributed by atoms with Crippen LogP contribution in [0.2, 0.25) is 0 Å². The van der Waals surface area contributed by atoms with Crippen LogP contribution >= 0.6 is 0 Å². The molecular weight excluding hydrogens is 370 g/mol. The first-order valence-corrected chi connectivity index (χ1v) is 9.27. The molecule has 1 unspecified atom stereocenters. The minimum Gasteiger partial charge on any atom is -0.482 e. The molecule has 0 radical (unpaired) electrons. The highest BCUT2D eigenvalue weighted by Crippen LogP contribution is 2.31. The summed E-state index contributed by atoms with van der Waals surface area (Å²) in [6, 6.07) is 14.9. The number of rotatable bonds is 5. The summed E-state index contributed by atoms with van der Waals surface area (Å²) in [4.78, 5) is 32.3. The van der Waals surface area contributed by atoms with Gasteiger partial charge in [-0.3, -0.25) is 14.5 Å². The molecule has 0 saturated carbocycles. The first-order chi connectivity index (χ1) is 14.0. The molecule has 29 heavy (non-hydrogen) atoms. The van der Waals surface area contributed by atoms with Gasteiger partial charge in [0, 0.05) is 7.05 Å². The number of ether oxygens (including phenoxy) is 1. The monoisotopic (exact) mass is 391 g/mol. The maximum atomic E-state index is 12.9. The van der Waals surface area contributed by atoms with Crippen LogP contribution in [0.25, 0.3) is 5.69 Å². The van der Waals surface area contributed by atoms with Crippen LogP contribution in [0.15, 0.2) is 61.2 Å². The third-order valence-electron chi connectivity index (χ3n) is 5.13. The van der Waals surface area contributed by atoms with Gasteiger partial charge in [-0.1, -0.05) is 24.3 Å². The SMILES string of the molecule is CC(c1ccc(-n2cncn2)cc1)N(C)C(=O)CN1C(=O)COc2ccccc21.